The number of nitrogens with two attached hydrogens (primary N) is 1. The summed E-state index contributed by atoms with van der Waals surface area (Å²) in [7, 11) is 1.40. The highest BCUT2D eigenvalue weighted by atomic mass is 79.9. The van der Waals surface area contributed by atoms with E-state index in [1.807, 2.05) is 0 Å². The van der Waals surface area contributed by atoms with Crippen LogP contribution in [0.3, 0.4) is 0 Å². The van der Waals surface area contributed by atoms with Crippen molar-refractivity contribution in [3.05, 3.63) is 22.2 Å². The highest BCUT2D eigenvalue weighted by Crippen LogP contribution is 2.36. The molecule has 5 N–H and O–H groups in total. The zero-order chi connectivity index (χ0) is 12.3. The van der Waals surface area contributed by atoms with E-state index in [1.165, 1.54) is 19.2 Å². The van der Waals surface area contributed by atoms with Gasteiger partial charge in [0.25, 0.3) is 0 Å². The first-order valence-electron chi connectivity index (χ1n) is 4.63. The van der Waals surface area contributed by atoms with Gasteiger partial charge in [0.15, 0.2) is 11.5 Å². The molecule has 1 aromatic rings. The summed E-state index contributed by atoms with van der Waals surface area (Å²) >= 11 is 3.18. The molecule has 0 aliphatic carbocycles. The third-order valence-corrected chi connectivity index (χ3v) is 2.91. The van der Waals surface area contributed by atoms with Gasteiger partial charge in [-0.15, -0.1) is 0 Å². The molecular weight excluding hydrogens is 278 g/mol. The van der Waals surface area contributed by atoms with Crippen molar-refractivity contribution in [2.75, 3.05) is 13.7 Å². The monoisotopic (exact) mass is 291 g/mol. The third kappa shape index (κ3) is 2.65. The van der Waals surface area contributed by atoms with Gasteiger partial charge in [-0.3, -0.25) is 0 Å². The number of aliphatic hydroxyl groups is 2. The largest absolute Gasteiger partial charge is 0.504 e. The molecule has 2 atom stereocenters. The molecule has 0 amide bonds. The summed E-state index contributed by atoms with van der Waals surface area (Å²) in [5.74, 6) is 0.175. The quantitative estimate of drug-likeness (QED) is 0.649. The fraction of sp³-hybridized carbons (Fsp3) is 0.400. The van der Waals surface area contributed by atoms with Crippen molar-refractivity contribution in [3.63, 3.8) is 0 Å². The molecule has 1 rings (SSSR count). The van der Waals surface area contributed by atoms with Crippen LogP contribution >= 0.6 is 15.9 Å². The van der Waals surface area contributed by atoms with Gasteiger partial charge in [0.1, 0.15) is 6.10 Å². The van der Waals surface area contributed by atoms with Gasteiger partial charge >= 0.3 is 0 Å². The third-order valence-electron chi connectivity index (χ3n) is 2.22. The molecule has 0 heterocycles. The molecule has 0 fully saturated rings. The lowest BCUT2D eigenvalue weighted by Gasteiger charge is -2.18. The highest BCUT2D eigenvalue weighted by molar-refractivity contribution is 9.10. The lowest BCUT2D eigenvalue weighted by molar-refractivity contribution is 0.0237. The van der Waals surface area contributed by atoms with E-state index in [1.54, 1.807) is 0 Å². The Morgan fingerprint density at radius 3 is 2.56 bits per heavy atom. The van der Waals surface area contributed by atoms with Crippen molar-refractivity contribution in [1.29, 1.82) is 0 Å². The molecular formula is C10H14BrNO4. The number of halogens is 1. The predicted octanol–water partition coefficient (Wildman–Crippen LogP) is 0.516. The second-order valence-electron chi connectivity index (χ2n) is 3.29. The SMILES string of the molecule is COc1cc(C(O)C(O)CN)c(Br)cc1O. The summed E-state index contributed by atoms with van der Waals surface area (Å²) < 4.78 is 5.39. The Hall–Kier alpha value is -0.820. The molecule has 0 aliphatic rings. The Morgan fingerprint density at radius 2 is 2.06 bits per heavy atom. The van der Waals surface area contributed by atoms with Crippen molar-refractivity contribution >= 4 is 15.9 Å². The minimum atomic E-state index is -1.13. The molecule has 0 aliphatic heterocycles. The Balaban J connectivity index is 3.13. The zero-order valence-corrected chi connectivity index (χ0v) is 10.3. The number of benzene rings is 1. The van der Waals surface area contributed by atoms with Crippen LogP contribution in [0, 0.1) is 0 Å². The first-order valence-corrected chi connectivity index (χ1v) is 5.43. The van der Waals surface area contributed by atoms with Crippen molar-refractivity contribution in [2.24, 2.45) is 5.73 Å². The van der Waals surface area contributed by atoms with E-state index < -0.39 is 12.2 Å². The van der Waals surface area contributed by atoms with E-state index in [0.29, 0.717) is 10.0 Å². The minimum Gasteiger partial charge on any atom is -0.504 e. The molecule has 0 aromatic heterocycles. The van der Waals surface area contributed by atoms with Crippen molar-refractivity contribution in [3.8, 4) is 11.5 Å². The van der Waals surface area contributed by atoms with Crippen LogP contribution in [0.5, 0.6) is 11.5 Å². The van der Waals surface area contributed by atoms with Crippen molar-refractivity contribution < 1.29 is 20.1 Å². The Kier molecular flexibility index (Phi) is 4.55. The van der Waals surface area contributed by atoms with Gasteiger partial charge in [0.2, 0.25) is 0 Å². The number of aliphatic hydroxyl groups excluding tert-OH is 2. The first kappa shape index (κ1) is 13.2. The summed E-state index contributed by atoms with van der Waals surface area (Å²) in [5, 5.41) is 28.7. The number of ether oxygens (including phenoxy) is 1. The molecule has 0 spiro atoms. The van der Waals surface area contributed by atoms with E-state index in [0.717, 1.165) is 0 Å². The van der Waals surface area contributed by atoms with Gasteiger partial charge in [-0.2, -0.15) is 0 Å². The van der Waals surface area contributed by atoms with Crippen LogP contribution in [0.1, 0.15) is 11.7 Å². The maximum Gasteiger partial charge on any atom is 0.160 e. The number of hydrogen-bond acceptors (Lipinski definition) is 5. The summed E-state index contributed by atoms with van der Waals surface area (Å²) in [6, 6.07) is 2.84. The number of rotatable bonds is 4. The number of aromatic hydroxyl groups is 1. The molecule has 1 aromatic carbocycles. The molecule has 90 valence electrons. The first-order chi connectivity index (χ1) is 7.51. The Bertz CT molecular complexity index is 372. The lowest BCUT2D eigenvalue weighted by Crippen LogP contribution is -2.27. The average molecular weight is 292 g/mol. The maximum atomic E-state index is 9.78. The van der Waals surface area contributed by atoms with Gasteiger partial charge in [0.05, 0.1) is 13.2 Å². The molecule has 0 radical (unpaired) electrons. The van der Waals surface area contributed by atoms with E-state index >= 15 is 0 Å². The summed E-state index contributed by atoms with van der Waals surface area (Å²) in [6.45, 7) is -0.0587. The molecule has 6 heteroatoms. The van der Waals surface area contributed by atoms with Gasteiger partial charge < -0.3 is 25.8 Å². The van der Waals surface area contributed by atoms with Crippen LogP contribution in [-0.4, -0.2) is 35.1 Å². The molecule has 0 saturated heterocycles. The molecule has 0 bridgehead atoms. The number of methoxy groups -OCH3 is 1. The zero-order valence-electron chi connectivity index (χ0n) is 8.72. The summed E-state index contributed by atoms with van der Waals surface area (Å²) in [4.78, 5) is 0. The minimum absolute atomic E-state index is 0.0486. The smallest absolute Gasteiger partial charge is 0.160 e. The van der Waals surface area contributed by atoms with Crippen LogP contribution in [0.4, 0.5) is 0 Å². The van der Waals surface area contributed by atoms with E-state index in [4.69, 9.17) is 10.5 Å². The van der Waals surface area contributed by atoms with Crippen LogP contribution < -0.4 is 10.5 Å². The van der Waals surface area contributed by atoms with E-state index in [9.17, 15) is 15.3 Å². The fourth-order valence-corrected chi connectivity index (χ4v) is 1.85. The second-order valence-corrected chi connectivity index (χ2v) is 4.15. The van der Waals surface area contributed by atoms with Gasteiger partial charge in [-0.1, -0.05) is 15.9 Å². The Labute approximate surface area is 102 Å². The summed E-state index contributed by atoms with van der Waals surface area (Å²) in [6.07, 6.45) is -2.19. The molecule has 0 saturated carbocycles. The van der Waals surface area contributed by atoms with Gasteiger partial charge in [0, 0.05) is 16.6 Å². The Morgan fingerprint density at radius 1 is 1.44 bits per heavy atom. The van der Waals surface area contributed by atoms with Crippen molar-refractivity contribution in [2.45, 2.75) is 12.2 Å². The molecule has 16 heavy (non-hydrogen) atoms. The average Bonchev–Trinajstić information content (AvgIpc) is 2.27. The number of phenols is 1. The second kappa shape index (κ2) is 5.49. The standard InChI is InChI=1S/C10H14BrNO4/c1-16-9-2-5(6(11)3-7(9)13)10(15)8(14)4-12/h2-3,8,10,13-15H,4,12H2,1H3. The molecule has 5 nitrogen and oxygen atoms in total. The molecule has 2 unspecified atom stereocenters. The maximum absolute atomic E-state index is 9.78. The van der Waals surface area contributed by atoms with Crippen LogP contribution in [-0.2, 0) is 0 Å². The number of hydrogen-bond donors (Lipinski definition) is 4. The van der Waals surface area contributed by atoms with Crippen molar-refractivity contribution in [1.82, 2.24) is 0 Å². The van der Waals surface area contributed by atoms with E-state index in [2.05, 4.69) is 15.9 Å². The normalized spacial score (nSPS) is 14.6. The van der Waals surface area contributed by atoms with Gasteiger partial charge in [-0.05, 0) is 12.1 Å². The number of phenolic OH excluding ortho intramolecular Hbond substituents is 1. The van der Waals surface area contributed by atoms with Crippen LogP contribution in [0.2, 0.25) is 0 Å². The van der Waals surface area contributed by atoms with Crippen LogP contribution in [0.25, 0.3) is 0 Å². The fourth-order valence-electron chi connectivity index (χ4n) is 1.28. The summed E-state index contributed by atoms with van der Waals surface area (Å²) in [5.41, 5.74) is 5.66. The van der Waals surface area contributed by atoms with E-state index in [-0.39, 0.29) is 18.0 Å². The highest BCUT2D eigenvalue weighted by Gasteiger charge is 2.21. The predicted molar refractivity (Wildman–Crippen MR) is 62.4 cm³/mol. The topological polar surface area (TPSA) is 95.9 Å². The van der Waals surface area contributed by atoms with Crippen LogP contribution in [0.15, 0.2) is 16.6 Å². The lowest BCUT2D eigenvalue weighted by atomic mass is 10.0. The van der Waals surface area contributed by atoms with Gasteiger partial charge in [-0.25, -0.2) is 0 Å².